The van der Waals surface area contributed by atoms with E-state index < -0.39 is 21.7 Å². The van der Waals surface area contributed by atoms with E-state index in [2.05, 4.69) is 15.0 Å². The monoisotopic (exact) mass is 313 g/mol. The van der Waals surface area contributed by atoms with Gasteiger partial charge in [0.1, 0.15) is 10.7 Å². The Balaban J connectivity index is 2.20. The molecular formula is C13H13F2N3O2S. The normalized spacial score (nSPS) is 11.4. The number of rotatable bonds is 5. The van der Waals surface area contributed by atoms with Gasteiger partial charge in [-0.15, -0.1) is 0 Å². The lowest BCUT2D eigenvalue weighted by Crippen LogP contribution is -2.24. The first-order valence-electron chi connectivity index (χ1n) is 6.00. The van der Waals surface area contributed by atoms with E-state index in [4.69, 9.17) is 0 Å². The van der Waals surface area contributed by atoms with E-state index >= 15 is 0 Å². The van der Waals surface area contributed by atoms with Gasteiger partial charge >= 0.3 is 0 Å². The SMILES string of the molecule is CNc1ncccc1S(=O)(=O)NCc1ccc(F)c(F)c1. The van der Waals surface area contributed by atoms with Gasteiger partial charge in [0.25, 0.3) is 0 Å². The van der Waals surface area contributed by atoms with Crippen LogP contribution in [0.2, 0.25) is 0 Å². The predicted molar refractivity (Wildman–Crippen MR) is 74.2 cm³/mol. The van der Waals surface area contributed by atoms with Crippen LogP contribution in [-0.4, -0.2) is 20.4 Å². The molecule has 0 radical (unpaired) electrons. The molecule has 2 N–H and O–H groups in total. The molecule has 2 rings (SSSR count). The molecule has 0 saturated heterocycles. The molecule has 0 aliphatic rings. The zero-order valence-electron chi connectivity index (χ0n) is 11.1. The Kier molecular flexibility index (Phi) is 4.49. The second-order valence-corrected chi connectivity index (χ2v) is 5.91. The molecule has 5 nitrogen and oxygen atoms in total. The standard InChI is InChI=1S/C13H13F2N3O2S/c1-16-13-12(3-2-6-17-13)21(19,20)18-8-9-4-5-10(14)11(15)7-9/h2-7,18H,8H2,1H3,(H,16,17). The fourth-order valence-electron chi connectivity index (χ4n) is 1.70. The molecule has 8 heteroatoms. The Bertz CT molecular complexity index is 751. The predicted octanol–water partition coefficient (Wildman–Crippen LogP) is 1.88. The molecule has 0 bridgehead atoms. The highest BCUT2D eigenvalue weighted by atomic mass is 32.2. The average molecular weight is 313 g/mol. The first-order chi connectivity index (χ1) is 9.94. The summed E-state index contributed by atoms with van der Waals surface area (Å²) in [6.45, 7) is -0.155. The second-order valence-electron chi connectivity index (χ2n) is 4.17. The number of hydrogen-bond donors (Lipinski definition) is 2. The number of anilines is 1. The van der Waals surface area contributed by atoms with Crippen LogP contribution in [0.4, 0.5) is 14.6 Å². The number of hydrogen-bond acceptors (Lipinski definition) is 4. The first kappa shape index (κ1) is 15.3. The van der Waals surface area contributed by atoms with Gasteiger partial charge in [-0.05, 0) is 29.8 Å². The molecule has 112 valence electrons. The summed E-state index contributed by atoms with van der Waals surface area (Å²) < 4.78 is 52.5. The molecule has 1 heterocycles. The maximum absolute atomic E-state index is 13.1. The third-order valence-electron chi connectivity index (χ3n) is 2.75. The average Bonchev–Trinajstić information content (AvgIpc) is 2.48. The Morgan fingerprint density at radius 1 is 1.19 bits per heavy atom. The Hall–Kier alpha value is -2.06. The quantitative estimate of drug-likeness (QED) is 0.884. The number of aromatic nitrogens is 1. The lowest BCUT2D eigenvalue weighted by atomic mass is 10.2. The lowest BCUT2D eigenvalue weighted by molar-refractivity contribution is 0.506. The summed E-state index contributed by atoms with van der Waals surface area (Å²) in [6, 6.07) is 6.09. The smallest absolute Gasteiger partial charge is 0.244 e. The van der Waals surface area contributed by atoms with Crippen molar-refractivity contribution in [1.29, 1.82) is 0 Å². The maximum Gasteiger partial charge on any atom is 0.244 e. The van der Waals surface area contributed by atoms with E-state index in [1.807, 2.05) is 0 Å². The molecule has 0 unspecified atom stereocenters. The molecule has 0 aliphatic carbocycles. The molecule has 0 atom stereocenters. The van der Waals surface area contributed by atoms with Crippen molar-refractivity contribution in [2.24, 2.45) is 0 Å². The Morgan fingerprint density at radius 2 is 1.95 bits per heavy atom. The molecule has 0 saturated carbocycles. The summed E-state index contributed by atoms with van der Waals surface area (Å²) in [5.41, 5.74) is 0.312. The van der Waals surface area contributed by atoms with E-state index in [1.54, 1.807) is 7.05 Å². The molecule has 0 spiro atoms. The molecule has 0 amide bonds. The third-order valence-corrected chi connectivity index (χ3v) is 4.18. The minimum atomic E-state index is -3.82. The highest BCUT2D eigenvalue weighted by molar-refractivity contribution is 7.89. The van der Waals surface area contributed by atoms with Crippen molar-refractivity contribution in [3.8, 4) is 0 Å². The van der Waals surface area contributed by atoms with Crippen LogP contribution >= 0.6 is 0 Å². The number of nitrogens with one attached hydrogen (secondary N) is 2. The first-order valence-corrected chi connectivity index (χ1v) is 7.48. The number of nitrogens with zero attached hydrogens (tertiary/aromatic N) is 1. The Morgan fingerprint density at radius 3 is 2.62 bits per heavy atom. The number of pyridine rings is 1. The van der Waals surface area contributed by atoms with Crippen LogP contribution in [0.3, 0.4) is 0 Å². The molecule has 0 aliphatic heterocycles. The van der Waals surface area contributed by atoms with Gasteiger partial charge in [0.15, 0.2) is 11.6 Å². The molecule has 0 fully saturated rings. The van der Waals surface area contributed by atoms with Crippen molar-refractivity contribution < 1.29 is 17.2 Å². The summed E-state index contributed by atoms with van der Waals surface area (Å²) in [6.07, 6.45) is 1.46. The number of halogens is 2. The van der Waals surface area contributed by atoms with Crippen molar-refractivity contribution in [2.75, 3.05) is 12.4 Å². The fourth-order valence-corrected chi connectivity index (χ4v) is 2.88. The van der Waals surface area contributed by atoms with Crippen LogP contribution in [0.1, 0.15) is 5.56 Å². The molecule has 1 aromatic heterocycles. The van der Waals surface area contributed by atoms with E-state index in [-0.39, 0.29) is 17.3 Å². The van der Waals surface area contributed by atoms with Crippen molar-refractivity contribution >= 4 is 15.8 Å². The van der Waals surface area contributed by atoms with Crippen LogP contribution in [0.25, 0.3) is 0 Å². The van der Waals surface area contributed by atoms with Gasteiger partial charge in [0.05, 0.1) is 0 Å². The summed E-state index contributed by atoms with van der Waals surface area (Å²) in [5, 5.41) is 2.68. The molecule has 2 aromatic rings. The zero-order chi connectivity index (χ0) is 15.5. The number of benzene rings is 1. The summed E-state index contributed by atoms with van der Waals surface area (Å²) >= 11 is 0. The van der Waals surface area contributed by atoms with Crippen LogP contribution in [-0.2, 0) is 16.6 Å². The van der Waals surface area contributed by atoms with E-state index in [0.717, 1.165) is 12.1 Å². The van der Waals surface area contributed by atoms with E-state index in [1.165, 1.54) is 24.4 Å². The zero-order valence-corrected chi connectivity index (χ0v) is 11.9. The van der Waals surface area contributed by atoms with Gasteiger partial charge in [0, 0.05) is 19.8 Å². The van der Waals surface area contributed by atoms with Gasteiger partial charge in [-0.3, -0.25) is 0 Å². The van der Waals surface area contributed by atoms with Crippen LogP contribution in [0.5, 0.6) is 0 Å². The van der Waals surface area contributed by atoms with Gasteiger partial charge in [-0.25, -0.2) is 26.9 Å². The van der Waals surface area contributed by atoms with E-state index in [0.29, 0.717) is 5.56 Å². The fraction of sp³-hybridized carbons (Fsp3) is 0.154. The van der Waals surface area contributed by atoms with Crippen molar-refractivity contribution in [1.82, 2.24) is 9.71 Å². The van der Waals surface area contributed by atoms with Gasteiger partial charge in [0.2, 0.25) is 10.0 Å². The summed E-state index contributed by atoms with van der Waals surface area (Å²) in [7, 11) is -2.26. The summed E-state index contributed by atoms with van der Waals surface area (Å²) in [4.78, 5) is 3.89. The van der Waals surface area contributed by atoms with Crippen LogP contribution in [0.15, 0.2) is 41.4 Å². The van der Waals surface area contributed by atoms with Crippen LogP contribution < -0.4 is 10.0 Å². The van der Waals surface area contributed by atoms with E-state index in [9.17, 15) is 17.2 Å². The van der Waals surface area contributed by atoms with Gasteiger partial charge in [-0.1, -0.05) is 6.07 Å². The molecule has 21 heavy (non-hydrogen) atoms. The minimum Gasteiger partial charge on any atom is -0.372 e. The number of sulfonamides is 1. The largest absolute Gasteiger partial charge is 0.372 e. The Labute approximate surface area is 121 Å². The molecular weight excluding hydrogens is 300 g/mol. The highest BCUT2D eigenvalue weighted by Crippen LogP contribution is 2.17. The summed E-state index contributed by atoms with van der Waals surface area (Å²) in [5.74, 6) is -1.80. The third kappa shape index (κ3) is 3.53. The van der Waals surface area contributed by atoms with Crippen molar-refractivity contribution in [3.63, 3.8) is 0 Å². The maximum atomic E-state index is 13.1. The highest BCUT2D eigenvalue weighted by Gasteiger charge is 2.18. The van der Waals surface area contributed by atoms with Crippen molar-refractivity contribution in [3.05, 3.63) is 53.7 Å². The topological polar surface area (TPSA) is 71.1 Å². The molecule has 1 aromatic carbocycles. The minimum absolute atomic E-state index is 0.0184. The van der Waals surface area contributed by atoms with Crippen LogP contribution in [0, 0.1) is 11.6 Å². The van der Waals surface area contributed by atoms with Gasteiger partial charge < -0.3 is 5.32 Å². The lowest BCUT2D eigenvalue weighted by Gasteiger charge is -2.10. The van der Waals surface area contributed by atoms with Crippen molar-refractivity contribution in [2.45, 2.75) is 11.4 Å². The van der Waals surface area contributed by atoms with Gasteiger partial charge in [-0.2, -0.15) is 0 Å². The second kappa shape index (κ2) is 6.15.